The molecule has 0 atom stereocenters. The van der Waals surface area contributed by atoms with Crippen molar-refractivity contribution in [2.45, 2.75) is 40.8 Å². The monoisotopic (exact) mass is 303 g/mol. The van der Waals surface area contributed by atoms with Crippen molar-refractivity contribution in [3.63, 3.8) is 0 Å². The first-order valence-corrected chi connectivity index (χ1v) is 8.40. The molecule has 1 heterocycles. The Labute approximate surface area is 132 Å². The van der Waals surface area contributed by atoms with Gasteiger partial charge in [-0.05, 0) is 54.4 Å². The molecule has 0 radical (unpaired) electrons. The maximum Gasteiger partial charge on any atom is 0.125 e. The third-order valence-electron chi connectivity index (χ3n) is 3.34. The molecule has 0 spiro atoms. The highest BCUT2D eigenvalue weighted by Crippen LogP contribution is 2.26. The zero-order valence-corrected chi connectivity index (χ0v) is 14.2. The Balaban J connectivity index is 1.99. The van der Waals surface area contributed by atoms with Gasteiger partial charge in [0.2, 0.25) is 0 Å². The highest BCUT2D eigenvalue weighted by atomic mass is 32.1. The molecule has 0 fully saturated rings. The van der Waals surface area contributed by atoms with E-state index >= 15 is 0 Å². The molecule has 0 amide bonds. The van der Waals surface area contributed by atoms with Crippen LogP contribution in [0.2, 0.25) is 0 Å². The summed E-state index contributed by atoms with van der Waals surface area (Å²) in [4.78, 5) is 1.26. The molecule has 2 rings (SSSR count). The highest BCUT2D eigenvalue weighted by Gasteiger charge is 2.07. The van der Waals surface area contributed by atoms with Crippen LogP contribution in [0.1, 0.15) is 35.4 Å². The van der Waals surface area contributed by atoms with E-state index in [2.05, 4.69) is 62.7 Å². The molecule has 3 heteroatoms. The van der Waals surface area contributed by atoms with Crippen molar-refractivity contribution in [3.05, 3.63) is 51.2 Å². The lowest BCUT2D eigenvalue weighted by Gasteiger charge is -2.14. The summed E-state index contributed by atoms with van der Waals surface area (Å²) in [7, 11) is 0. The van der Waals surface area contributed by atoms with Gasteiger partial charge in [0.1, 0.15) is 12.4 Å². The summed E-state index contributed by atoms with van der Waals surface area (Å²) in [6.45, 7) is 11.3. The maximum absolute atomic E-state index is 6.00. The standard InChI is InChI=1S/C18H25NOS/c1-13(2)10-19-11-16-8-14(3)18(15(4)9-16)20-12-17-6-5-7-21-17/h5-9,13,19H,10-12H2,1-4H3. The molecule has 0 saturated heterocycles. The molecular weight excluding hydrogens is 278 g/mol. The molecule has 0 aliphatic carbocycles. The van der Waals surface area contributed by atoms with Gasteiger partial charge in [-0.1, -0.05) is 32.0 Å². The molecule has 1 N–H and O–H groups in total. The van der Waals surface area contributed by atoms with Crippen LogP contribution in [0.5, 0.6) is 5.75 Å². The minimum Gasteiger partial charge on any atom is -0.488 e. The molecule has 0 unspecified atom stereocenters. The Morgan fingerprint density at radius 1 is 1.19 bits per heavy atom. The average Bonchev–Trinajstić information content (AvgIpc) is 2.90. The second-order valence-electron chi connectivity index (χ2n) is 5.95. The fourth-order valence-electron chi connectivity index (χ4n) is 2.41. The predicted octanol–water partition coefficient (Wildman–Crippen LogP) is 4.69. The van der Waals surface area contributed by atoms with Gasteiger partial charge in [-0.2, -0.15) is 0 Å². The normalized spacial score (nSPS) is 11.1. The largest absolute Gasteiger partial charge is 0.488 e. The predicted molar refractivity (Wildman–Crippen MR) is 91.1 cm³/mol. The topological polar surface area (TPSA) is 21.3 Å². The first-order chi connectivity index (χ1) is 10.1. The number of thiophene rings is 1. The van der Waals surface area contributed by atoms with Crippen molar-refractivity contribution in [3.8, 4) is 5.75 Å². The molecule has 0 bridgehead atoms. The van der Waals surface area contributed by atoms with Crippen molar-refractivity contribution in [2.75, 3.05) is 6.54 Å². The summed E-state index contributed by atoms with van der Waals surface area (Å²) in [5.41, 5.74) is 3.76. The smallest absolute Gasteiger partial charge is 0.125 e. The van der Waals surface area contributed by atoms with E-state index in [0.29, 0.717) is 12.5 Å². The van der Waals surface area contributed by atoms with Crippen molar-refractivity contribution in [2.24, 2.45) is 5.92 Å². The van der Waals surface area contributed by atoms with Crippen LogP contribution in [0.4, 0.5) is 0 Å². The minimum atomic E-state index is 0.657. The molecule has 114 valence electrons. The second-order valence-corrected chi connectivity index (χ2v) is 6.98. The van der Waals surface area contributed by atoms with Gasteiger partial charge >= 0.3 is 0 Å². The van der Waals surface area contributed by atoms with E-state index in [-0.39, 0.29) is 0 Å². The van der Waals surface area contributed by atoms with E-state index in [1.807, 2.05) is 0 Å². The van der Waals surface area contributed by atoms with E-state index < -0.39 is 0 Å². The van der Waals surface area contributed by atoms with E-state index in [1.54, 1.807) is 11.3 Å². The van der Waals surface area contributed by atoms with Crippen LogP contribution in [0.3, 0.4) is 0 Å². The molecule has 0 aliphatic heterocycles. The third kappa shape index (κ3) is 4.87. The van der Waals surface area contributed by atoms with E-state index in [0.717, 1.165) is 18.8 Å². The number of benzene rings is 1. The van der Waals surface area contributed by atoms with E-state index in [4.69, 9.17) is 4.74 Å². The highest BCUT2D eigenvalue weighted by molar-refractivity contribution is 7.09. The van der Waals surface area contributed by atoms with Gasteiger partial charge in [-0.25, -0.2) is 0 Å². The van der Waals surface area contributed by atoms with Crippen LogP contribution >= 0.6 is 11.3 Å². The van der Waals surface area contributed by atoms with Gasteiger partial charge in [0.05, 0.1) is 0 Å². The second kappa shape index (κ2) is 7.62. The lowest BCUT2D eigenvalue weighted by molar-refractivity contribution is 0.305. The molecular formula is C18H25NOS. The number of aryl methyl sites for hydroxylation is 2. The summed E-state index contributed by atoms with van der Waals surface area (Å²) >= 11 is 1.74. The Kier molecular flexibility index (Phi) is 5.83. The zero-order valence-electron chi connectivity index (χ0n) is 13.4. The summed E-state index contributed by atoms with van der Waals surface area (Å²) in [6.07, 6.45) is 0. The molecule has 2 aromatic rings. The lowest BCUT2D eigenvalue weighted by Crippen LogP contribution is -2.19. The van der Waals surface area contributed by atoms with Crippen molar-refractivity contribution >= 4 is 11.3 Å². The molecule has 1 aromatic carbocycles. The van der Waals surface area contributed by atoms with Crippen molar-refractivity contribution in [1.29, 1.82) is 0 Å². The Morgan fingerprint density at radius 2 is 1.90 bits per heavy atom. The summed E-state index contributed by atoms with van der Waals surface area (Å²) < 4.78 is 6.00. The Bertz CT molecular complexity index is 538. The summed E-state index contributed by atoms with van der Waals surface area (Å²) in [5.74, 6) is 1.71. The SMILES string of the molecule is Cc1cc(CNCC(C)C)cc(C)c1OCc1cccs1. The van der Waals surface area contributed by atoms with Crippen LogP contribution in [-0.4, -0.2) is 6.54 Å². The fraction of sp³-hybridized carbons (Fsp3) is 0.444. The average molecular weight is 303 g/mol. The van der Waals surface area contributed by atoms with Crippen molar-refractivity contribution in [1.82, 2.24) is 5.32 Å². The quantitative estimate of drug-likeness (QED) is 0.801. The van der Waals surface area contributed by atoms with E-state index in [1.165, 1.54) is 21.6 Å². The van der Waals surface area contributed by atoms with Gasteiger partial charge in [0, 0.05) is 11.4 Å². The molecule has 2 nitrogen and oxygen atoms in total. The van der Waals surface area contributed by atoms with Gasteiger partial charge in [0.15, 0.2) is 0 Å². The van der Waals surface area contributed by atoms with Crippen LogP contribution in [0.25, 0.3) is 0 Å². The van der Waals surface area contributed by atoms with Gasteiger partial charge in [-0.15, -0.1) is 11.3 Å². The lowest BCUT2D eigenvalue weighted by atomic mass is 10.1. The maximum atomic E-state index is 6.00. The van der Waals surface area contributed by atoms with Crippen molar-refractivity contribution < 1.29 is 4.74 Å². The zero-order chi connectivity index (χ0) is 15.2. The first kappa shape index (κ1) is 16.1. The van der Waals surface area contributed by atoms with Crippen LogP contribution in [0.15, 0.2) is 29.6 Å². The molecule has 0 saturated carbocycles. The fourth-order valence-corrected chi connectivity index (χ4v) is 3.03. The minimum absolute atomic E-state index is 0.657. The Hall–Kier alpha value is -1.32. The Morgan fingerprint density at radius 3 is 2.48 bits per heavy atom. The summed E-state index contributed by atoms with van der Waals surface area (Å²) in [5, 5.41) is 5.58. The van der Waals surface area contributed by atoms with Crippen LogP contribution < -0.4 is 10.1 Å². The number of hydrogen-bond acceptors (Lipinski definition) is 3. The van der Waals surface area contributed by atoms with Crippen LogP contribution in [-0.2, 0) is 13.2 Å². The van der Waals surface area contributed by atoms with E-state index in [9.17, 15) is 0 Å². The van der Waals surface area contributed by atoms with Gasteiger partial charge in [-0.3, -0.25) is 0 Å². The molecule has 1 aromatic heterocycles. The first-order valence-electron chi connectivity index (χ1n) is 7.52. The van der Waals surface area contributed by atoms with Gasteiger partial charge in [0.25, 0.3) is 0 Å². The number of ether oxygens (including phenoxy) is 1. The number of rotatable bonds is 7. The van der Waals surface area contributed by atoms with Gasteiger partial charge < -0.3 is 10.1 Å². The summed E-state index contributed by atoms with van der Waals surface area (Å²) in [6, 6.07) is 8.63. The third-order valence-corrected chi connectivity index (χ3v) is 4.19. The number of nitrogens with one attached hydrogen (secondary N) is 1. The molecule has 0 aliphatic rings. The number of hydrogen-bond donors (Lipinski definition) is 1. The van der Waals surface area contributed by atoms with Crippen LogP contribution in [0, 0.1) is 19.8 Å². The molecule has 21 heavy (non-hydrogen) atoms.